The highest BCUT2D eigenvalue weighted by atomic mass is 19.2. The maximum Gasteiger partial charge on any atom is 0.250 e. The van der Waals surface area contributed by atoms with Gasteiger partial charge >= 0.3 is 0 Å². The van der Waals surface area contributed by atoms with Crippen LogP contribution in [0.15, 0.2) is 41.5 Å². The third kappa shape index (κ3) is 4.48. The van der Waals surface area contributed by atoms with Crippen LogP contribution in [0, 0.1) is 0 Å². The second-order valence-corrected chi connectivity index (χ2v) is 3.82. The van der Waals surface area contributed by atoms with Crippen molar-refractivity contribution < 1.29 is 13.6 Å². The summed E-state index contributed by atoms with van der Waals surface area (Å²) in [6, 6.07) is 0.157. The third-order valence-corrected chi connectivity index (χ3v) is 2.44. The van der Waals surface area contributed by atoms with Gasteiger partial charge in [-0.25, -0.2) is 13.8 Å². The average molecular weight is 255 g/mol. The first-order valence-corrected chi connectivity index (χ1v) is 5.53. The van der Waals surface area contributed by atoms with Crippen LogP contribution in [0.5, 0.6) is 0 Å². The van der Waals surface area contributed by atoms with Gasteiger partial charge in [0, 0.05) is 6.08 Å². The molecule has 6 heteroatoms. The number of amides is 1. The average Bonchev–Trinajstić information content (AvgIpc) is 2.29. The minimum atomic E-state index is -1.17. The van der Waals surface area contributed by atoms with Crippen LogP contribution in [0.25, 0.3) is 0 Å². The Morgan fingerprint density at radius 2 is 2.00 bits per heavy atom. The van der Waals surface area contributed by atoms with Crippen molar-refractivity contribution in [2.75, 3.05) is 0 Å². The number of rotatable bonds is 4. The van der Waals surface area contributed by atoms with Crippen LogP contribution in [0.1, 0.15) is 19.3 Å². The van der Waals surface area contributed by atoms with Crippen molar-refractivity contribution in [1.82, 2.24) is 5.32 Å². The van der Waals surface area contributed by atoms with Crippen LogP contribution in [0.4, 0.5) is 8.78 Å². The summed E-state index contributed by atoms with van der Waals surface area (Å²) in [6.07, 6.45) is 5.25. The SMILES string of the molecule is C=C/C(F)=C(F)\C=C\C(=O)NC(N)=NC1CCC1. The third-order valence-electron chi connectivity index (χ3n) is 2.44. The van der Waals surface area contributed by atoms with E-state index in [1.54, 1.807) is 0 Å². The lowest BCUT2D eigenvalue weighted by Crippen LogP contribution is -2.37. The fourth-order valence-electron chi connectivity index (χ4n) is 1.24. The number of carbonyl (C=O) groups excluding carboxylic acids is 1. The molecule has 1 amide bonds. The van der Waals surface area contributed by atoms with Gasteiger partial charge < -0.3 is 5.73 Å². The summed E-state index contributed by atoms with van der Waals surface area (Å²) in [7, 11) is 0. The zero-order valence-electron chi connectivity index (χ0n) is 9.83. The van der Waals surface area contributed by atoms with Crippen LogP contribution in [-0.2, 0) is 4.79 Å². The molecule has 0 spiro atoms. The molecule has 1 rings (SSSR count). The summed E-state index contributed by atoms with van der Waals surface area (Å²) in [5.74, 6) is -2.98. The number of hydrogen-bond acceptors (Lipinski definition) is 2. The van der Waals surface area contributed by atoms with Crippen molar-refractivity contribution >= 4 is 11.9 Å². The molecule has 18 heavy (non-hydrogen) atoms. The van der Waals surface area contributed by atoms with Gasteiger partial charge in [-0.05, 0) is 31.4 Å². The van der Waals surface area contributed by atoms with Gasteiger partial charge in [-0.15, -0.1) is 0 Å². The fourth-order valence-corrected chi connectivity index (χ4v) is 1.24. The molecule has 1 aliphatic rings. The van der Waals surface area contributed by atoms with Gasteiger partial charge in [0.2, 0.25) is 0 Å². The molecule has 1 saturated carbocycles. The predicted molar refractivity (Wildman–Crippen MR) is 66.0 cm³/mol. The summed E-state index contributed by atoms with van der Waals surface area (Å²) in [5, 5.41) is 2.26. The van der Waals surface area contributed by atoms with E-state index in [1.165, 1.54) is 0 Å². The monoisotopic (exact) mass is 255 g/mol. The first-order chi connectivity index (χ1) is 8.52. The smallest absolute Gasteiger partial charge is 0.250 e. The normalized spacial score (nSPS) is 18.2. The Labute approximate surface area is 104 Å². The molecule has 0 heterocycles. The van der Waals surface area contributed by atoms with Crippen LogP contribution in [0.3, 0.4) is 0 Å². The number of nitrogens with one attached hydrogen (secondary N) is 1. The van der Waals surface area contributed by atoms with E-state index < -0.39 is 17.6 Å². The van der Waals surface area contributed by atoms with Crippen molar-refractivity contribution in [3.8, 4) is 0 Å². The van der Waals surface area contributed by atoms with Gasteiger partial charge in [0.05, 0.1) is 6.04 Å². The zero-order chi connectivity index (χ0) is 13.5. The molecular weight excluding hydrogens is 240 g/mol. The molecule has 0 aromatic rings. The topological polar surface area (TPSA) is 67.5 Å². The number of halogens is 2. The van der Waals surface area contributed by atoms with Gasteiger partial charge in [-0.2, -0.15) is 0 Å². The molecule has 1 aliphatic carbocycles. The Morgan fingerprint density at radius 3 is 2.50 bits per heavy atom. The minimum Gasteiger partial charge on any atom is -0.370 e. The molecule has 0 radical (unpaired) electrons. The van der Waals surface area contributed by atoms with Crippen LogP contribution < -0.4 is 11.1 Å². The number of nitrogens with two attached hydrogens (primary N) is 1. The summed E-state index contributed by atoms with van der Waals surface area (Å²) >= 11 is 0. The lowest BCUT2D eigenvalue weighted by atomic mass is 9.94. The Balaban J connectivity index is 2.48. The summed E-state index contributed by atoms with van der Waals surface area (Å²) in [6.45, 7) is 3.06. The van der Waals surface area contributed by atoms with Crippen molar-refractivity contribution in [3.05, 3.63) is 36.5 Å². The van der Waals surface area contributed by atoms with E-state index in [1.807, 2.05) is 0 Å². The van der Waals surface area contributed by atoms with Crippen molar-refractivity contribution in [2.24, 2.45) is 10.7 Å². The number of aliphatic imine (C=N–C) groups is 1. The Bertz CT molecular complexity index is 423. The first kappa shape index (κ1) is 14.1. The molecule has 0 aromatic heterocycles. The van der Waals surface area contributed by atoms with E-state index >= 15 is 0 Å². The number of carbonyl (C=O) groups is 1. The highest BCUT2D eigenvalue weighted by molar-refractivity contribution is 6.01. The highest BCUT2D eigenvalue weighted by Gasteiger charge is 2.16. The molecule has 0 unspecified atom stereocenters. The fraction of sp³-hybridized carbons (Fsp3) is 0.333. The quantitative estimate of drug-likeness (QED) is 0.348. The molecule has 1 fully saturated rings. The van der Waals surface area contributed by atoms with Gasteiger partial charge in [-0.1, -0.05) is 6.58 Å². The molecular formula is C12H15F2N3O. The second kappa shape index (κ2) is 6.68. The van der Waals surface area contributed by atoms with E-state index in [-0.39, 0.29) is 12.0 Å². The standard InChI is InChI=1S/C12H15F2N3O/c1-2-9(13)10(14)6-7-11(18)17-12(15)16-8-4-3-5-8/h2,6-8H,1,3-5H2,(H3,15,16,17,18)/b7-6+,10-9-. The van der Waals surface area contributed by atoms with Crippen LogP contribution in [0.2, 0.25) is 0 Å². The summed E-state index contributed by atoms with van der Waals surface area (Å²) in [4.78, 5) is 15.3. The molecule has 4 nitrogen and oxygen atoms in total. The van der Waals surface area contributed by atoms with Gasteiger partial charge in [-0.3, -0.25) is 10.1 Å². The molecule has 0 atom stereocenters. The van der Waals surface area contributed by atoms with E-state index in [0.717, 1.165) is 25.3 Å². The highest BCUT2D eigenvalue weighted by Crippen LogP contribution is 2.21. The van der Waals surface area contributed by atoms with Crippen LogP contribution in [-0.4, -0.2) is 17.9 Å². The minimum absolute atomic E-state index is 0.0112. The van der Waals surface area contributed by atoms with E-state index in [2.05, 4.69) is 16.9 Å². The molecule has 0 aliphatic heterocycles. The van der Waals surface area contributed by atoms with E-state index in [0.29, 0.717) is 12.2 Å². The van der Waals surface area contributed by atoms with Crippen LogP contribution >= 0.6 is 0 Å². The summed E-state index contributed by atoms with van der Waals surface area (Å²) in [5.41, 5.74) is 5.47. The number of guanidine groups is 1. The maximum atomic E-state index is 12.9. The molecule has 98 valence electrons. The zero-order valence-corrected chi connectivity index (χ0v) is 9.83. The number of nitrogens with zero attached hydrogens (tertiary/aromatic N) is 1. The van der Waals surface area contributed by atoms with Crippen molar-refractivity contribution in [3.63, 3.8) is 0 Å². The van der Waals surface area contributed by atoms with Crippen molar-refractivity contribution in [2.45, 2.75) is 25.3 Å². The van der Waals surface area contributed by atoms with Crippen molar-refractivity contribution in [1.29, 1.82) is 0 Å². The first-order valence-electron chi connectivity index (χ1n) is 5.53. The Morgan fingerprint density at radius 1 is 1.33 bits per heavy atom. The molecule has 0 aromatic carbocycles. The lowest BCUT2D eigenvalue weighted by molar-refractivity contribution is -0.115. The Hall–Kier alpha value is -1.98. The summed E-state index contributed by atoms with van der Waals surface area (Å²) < 4.78 is 25.5. The second-order valence-electron chi connectivity index (χ2n) is 3.82. The van der Waals surface area contributed by atoms with Gasteiger partial charge in [0.25, 0.3) is 5.91 Å². The van der Waals surface area contributed by atoms with E-state index in [9.17, 15) is 13.6 Å². The predicted octanol–water partition coefficient (Wildman–Crippen LogP) is 1.86. The number of hydrogen-bond donors (Lipinski definition) is 2. The van der Waals surface area contributed by atoms with Gasteiger partial charge in [0.15, 0.2) is 17.6 Å². The van der Waals surface area contributed by atoms with Gasteiger partial charge in [0.1, 0.15) is 0 Å². The molecule has 3 N–H and O–H groups in total. The molecule has 0 saturated heterocycles. The molecule has 0 bridgehead atoms. The number of allylic oxidation sites excluding steroid dienone is 4. The maximum absolute atomic E-state index is 12.9. The lowest BCUT2D eigenvalue weighted by Gasteiger charge is -2.21. The largest absolute Gasteiger partial charge is 0.370 e. The van der Waals surface area contributed by atoms with E-state index in [4.69, 9.17) is 5.73 Å². The Kier molecular flexibility index (Phi) is 5.23.